The van der Waals surface area contributed by atoms with E-state index < -0.39 is 22.0 Å². The first-order valence-electron chi connectivity index (χ1n) is 9.03. The van der Waals surface area contributed by atoms with Crippen molar-refractivity contribution >= 4 is 33.2 Å². The van der Waals surface area contributed by atoms with Crippen LogP contribution >= 0.6 is 11.6 Å². The van der Waals surface area contributed by atoms with Crippen LogP contribution in [0, 0.1) is 6.92 Å². The minimum atomic E-state index is -3.93. The van der Waals surface area contributed by atoms with Gasteiger partial charge in [0.05, 0.1) is 22.6 Å². The maximum absolute atomic E-state index is 12.6. The lowest BCUT2D eigenvalue weighted by atomic mass is 10.1. The molecule has 1 atom stereocenters. The molecule has 0 aliphatic rings. The topological polar surface area (TPSA) is 84.5 Å². The Morgan fingerprint density at radius 3 is 2.54 bits per heavy atom. The van der Waals surface area contributed by atoms with Crippen molar-refractivity contribution in [3.8, 4) is 5.75 Å². The van der Waals surface area contributed by atoms with Crippen LogP contribution in [0.15, 0.2) is 41.3 Å². The summed E-state index contributed by atoms with van der Waals surface area (Å²) in [5.41, 5.74) is 2.62. The third-order valence-corrected chi connectivity index (χ3v) is 6.06. The summed E-state index contributed by atoms with van der Waals surface area (Å²) in [7, 11) is -3.93. The normalized spacial score (nSPS) is 12.5. The van der Waals surface area contributed by atoms with Crippen LogP contribution < -0.4 is 14.8 Å². The average Bonchev–Trinajstić information content (AvgIpc) is 2.64. The van der Waals surface area contributed by atoms with E-state index in [9.17, 15) is 13.2 Å². The van der Waals surface area contributed by atoms with Crippen LogP contribution in [0.25, 0.3) is 0 Å². The Balaban J connectivity index is 2.16. The second-order valence-electron chi connectivity index (χ2n) is 6.32. The van der Waals surface area contributed by atoms with Crippen molar-refractivity contribution in [2.24, 2.45) is 0 Å². The molecule has 28 heavy (non-hydrogen) atoms. The number of carbonyl (C=O) groups excluding carboxylic acids is 1. The second kappa shape index (κ2) is 9.41. The summed E-state index contributed by atoms with van der Waals surface area (Å²) < 4.78 is 32.9. The molecule has 0 saturated carbocycles. The average molecular weight is 425 g/mol. The fourth-order valence-corrected chi connectivity index (χ4v) is 4.24. The molecule has 0 aromatic heterocycles. The molecule has 2 aromatic carbocycles. The third kappa shape index (κ3) is 5.25. The summed E-state index contributed by atoms with van der Waals surface area (Å²) >= 11 is 6.07. The molecule has 0 unspecified atom stereocenters. The number of anilines is 1. The highest BCUT2D eigenvalue weighted by Gasteiger charge is 2.23. The van der Waals surface area contributed by atoms with E-state index in [0.29, 0.717) is 18.0 Å². The number of halogens is 1. The van der Waals surface area contributed by atoms with Gasteiger partial charge < -0.3 is 10.1 Å². The van der Waals surface area contributed by atoms with Gasteiger partial charge in [0.25, 0.3) is 0 Å². The Morgan fingerprint density at radius 2 is 1.93 bits per heavy atom. The standard InChI is InChI=1S/C20H25ClN2O4S/c1-5-15-9-7-8-13(3)19(15)22-20(24)14(4)23-28(25,26)16-10-11-18(27-6-2)17(21)12-16/h7-12,14,23H,5-6H2,1-4H3,(H,22,24)/t14-/m0/s1. The number of amides is 1. The zero-order valence-electron chi connectivity index (χ0n) is 16.4. The van der Waals surface area contributed by atoms with Crippen LogP contribution in [-0.2, 0) is 21.2 Å². The summed E-state index contributed by atoms with van der Waals surface area (Å²) in [5.74, 6) is -0.0369. The molecule has 1 amide bonds. The zero-order valence-corrected chi connectivity index (χ0v) is 17.9. The molecule has 2 rings (SSSR count). The molecule has 6 nitrogen and oxygen atoms in total. The first-order chi connectivity index (χ1) is 13.2. The van der Waals surface area contributed by atoms with Crippen LogP contribution in [0.5, 0.6) is 5.75 Å². The number of rotatable bonds is 8. The number of ether oxygens (including phenoxy) is 1. The van der Waals surface area contributed by atoms with E-state index >= 15 is 0 Å². The highest BCUT2D eigenvalue weighted by molar-refractivity contribution is 7.89. The van der Waals surface area contributed by atoms with Crippen molar-refractivity contribution in [3.63, 3.8) is 0 Å². The minimum absolute atomic E-state index is 0.0364. The van der Waals surface area contributed by atoms with Crippen molar-refractivity contribution in [1.82, 2.24) is 4.72 Å². The lowest BCUT2D eigenvalue weighted by molar-refractivity contribution is -0.117. The molecule has 0 bridgehead atoms. The fraction of sp³-hybridized carbons (Fsp3) is 0.350. The zero-order chi connectivity index (χ0) is 20.9. The van der Waals surface area contributed by atoms with Gasteiger partial charge in [0.1, 0.15) is 5.75 Å². The number of nitrogens with one attached hydrogen (secondary N) is 2. The maximum atomic E-state index is 12.6. The monoisotopic (exact) mass is 424 g/mol. The molecule has 0 aliphatic carbocycles. The quantitative estimate of drug-likeness (QED) is 0.672. The molecular weight excluding hydrogens is 400 g/mol. The van der Waals surface area contributed by atoms with Gasteiger partial charge in [0, 0.05) is 5.69 Å². The van der Waals surface area contributed by atoms with Gasteiger partial charge in [-0.05, 0) is 56.5 Å². The molecule has 2 aromatic rings. The number of hydrogen-bond acceptors (Lipinski definition) is 4. The van der Waals surface area contributed by atoms with Crippen molar-refractivity contribution in [2.75, 3.05) is 11.9 Å². The van der Waals surface area contributed by atoms with Crippen molar-refractivity contribution in [2.45, 2.75) is 45.1 Å². The van der Waals surface area contributed by atoms with Crippen LogP contribution in [0.2, 0.25) is 5.02 Å². The molecule has 0 aliphatic heterocycles. The van der Waals surface area contributed by atoms with Gasteiger partial charge in [-0.1, -0.05) is 36.7 Å². The number of carbonyl (C=O) groups is 1. The van der Waals surface area contributed by atoms with E-state index in [1.54, 1.807) is 6.92 Å². The highest BCUT2D eigenvalue weighted by atomic mass is 35.5. The molecule has 0 spiro atoms. The number of aryl methyl sites for hydroxylation is 2. The van der Waals surface area contributed by atoms with E-state index in [2.05, 4.69) is 10.0 Å². The Kier molecular flexibility index (Phi) is 7.46. The molecule has 0 heterocycles. The fourth-order valence-electron chi connectivity index (χ4n) is 2.71. The molecule has 0 saturated heterocycles. The van der Waals surface area contributed by atoms with E-state index in [1.807, 2.05) is 32.0 Å². The van der Waals surface area contributed by atoms with Gasteiger partial charge >= 0.3 is 0 Å². The Labute approximate surface area is 171 Å². The predicted molar refractivity (Wildman–Crippen MR) is 112 cm³/mol. The van der Waals surface area contributed by atoms with Crippen LogP contribution in [0.3, 0.4) is 0 Å². The SMILES string of the molecule is CCOc1ccc(S(=O)(=O)N[C@@H](C)C(=O)Nc2c(C)cccc2CC)cc1Cl. The first-order valence-corrected chi connectivity index (χ1v) is 10.9. The van der Waals surface area contributed by atoms with E-state index in [-0.39, 0.29) is 9.92 Å². The summed E-state index contributed by atoms with van der Waals surface area (Å²) in [4.78, 5) is 12.5. The van der Waals surface area contributed by atoms with Crippen LogP contribution in [0.1, 0.15) is 31.9 Å². The molecule has 2 N–H and O–H groups in total. The lowest BCUT2D eigenvalue weighted by Gasteiger charge is -2.18. The third-order valence-electron chi connectivity index (χ3n) is 4.23. The summed E-state index contributed by atoms with van der Waals surface area (Å²) in [6, 6.07) is 8.96. The molecule has 152 valence electrons. The van der Waals surface area contributed by atoms with E-state index in [4.69, 9.17) is 16.3 Å². The maximum Gasteiger partial charge on any atom is 0.242 e. The smallest absolute Gasteiger partial charge is 0.242 e. The van der Waals surface area contributed by atoms with Crippen LogP contribution in [0.4, 0.5) is 5.69 Å². The highest BCUT2D eigenvalue weighted by Crippen LogP contribution is 2.27. The van der Waals surface area contributed by atoms with Gasteiger partial charge in [-0.15, -0.1) is 0 Å². The minimum Gasteiger partial charge on any atom is -0.492 e. The second-order valence-corrected chi connectivity index (χ2v) is 8.44. The lowest BCUT2D eigenvalue weighted by Crippen LogP contribution is -2.41. The number of hydrogen-bond donors (Lipinski definition) is 2. The van der Waals surface area contributed by atoms with E-state index in [0.717, 1.165) is 17.5 Å². The Hall–Kier alpha value is -2.09. The largest absolute Gasteiger partial charge is 0.492 e. The van der Waals surface area contributed by atoms with Crippen molar-refractivity contribution in [3.05, 3.63) is 52.5 Å². The van der Waals surface area contributed by atoms with Gasteiger partial charge in [-0.2, -0.15) is 4.72 Å². The van der Waals surface area contributed by atoms with E-state index in [1.165, 1.54) is 25.1 Å². The molecular formula is C20H25ClN2O4S. The summed E-state index contributed by atoms with van der Waals surface area (Å²) in [5, 5.41) is 3.02. The first kappa shape index (κ1) is 22.2. The summed E-state index contributed by atoms with van der Waals surface area (Å²) in [6.07, 6.45) is 0.752. The van der Waals surface area contributed by atoms with Crippen molar-refractivity contribution < 1.29 is 17.9 Å². The van der Waals surface area contributed by atoms with Gasteiger partial charge in [0.15, 0.2) is 0 Å². The van der Waals surface area contributed by atoms with Gasteiger partial charge in [0.2, 0.25) is 15.9 Å². The van der Waals surface area contributed by atoms with Gasteiger partial charge in [-0.3, -0.25) is 4.79 Å². The number of benzene rings is 2. The molecule has 0 fully saturated rings. The molecule has 0 radical (unpaired) electrons. The van der Waals surface area contributed by atoms with Crippen molar-refractivity contribution in [1.29, 1.82) is 0 Å². The number of para-hydroxylation sites is 1. The van der Waals surface area contributed by atoms with Gasteiger partial charge in [-0.25, -0.2) is 8.42 Å². The summed E-state index contributed by atoms with van der Waals surface area (Å²) in [6.45, 7) is 7.60. The predicted octanol–water partition coefficient (Wildman–Crippen LogP) is 3.92. The molecule has 8 heteroatoms. The Morgan fingerprint density at radius 1 is 1.21 bits per heavy atom. The van der Waals surface area contributed by atoms with Crippen LogP contribution in [-0.4, -0.2) is 27.0 Å². The Bertz CT molecular complexity index is 961. The number of sulfonamides is 1.